The van der Waals surface area contributed by atoms with Crippen LogP contribution in [-0.2, 0) is 9.53 Å². The Kier molecular flexibility index (Phi) is 8.96. The average molecular weight is 477 g/mol. The molecule has 1 saturated carbocycles. The van der Waals surface area contributed by atoms with Crippen molar-refractivity contribution in [3.8, 4) is 5.75 Å². The van der Waals surface area contributed by atoms with Gasteiger partial charge < -0.3 is 19.9 Å². The number of rotatable bonds is 11. The highest BCUT2D eigenvalue weighted by Crippen LogP contribution is 2.29. The number of nitrogens with one attached hydrogen (secondary N) is 1. The monoisotopic (exact) mass is 476 g/mol. The summed E-state index contributed by atoms with van der Waals surface area (Å²) in [5.41, 5.74) is 0.921. The van der Waals surface area contributed by atoms with Gasteiger partial charge >= 0.3 is 0 Å². The fourth-order valence-corrected chi connectivity index (χ4v) is 4.60. The zero-order chi connectivity index (χ0) is 24.3. The number of ether oxygens (including phenoxy) is 2. The lowest BCUT2D eigenvalue weighted by atomic mass is 9.88. The number of hydrogen-bond acceptors (Lipinski definition) is 5. The predicted octanol–water partition coefficient (Wildman–Crippen LogP) is 4.76. The van der Waals surface area contributed by atoms with E-state index in [4.69, 9.17) is 19.6 Å². The second kappa shape index (κ2) is 12.5. The first-order valence-corrected chi connectivity index (χ1v) is 12.8. The predicted molar refractivity (Wildman–Crippen MR) is 139 cm³/mol. The molecule has 0 radical (unpaired) electrons. The molecule has 2 aromatic carbocycles. The van der Waals surface area contributed by atoms with Crippen molar-refractivity contribution in [2.75, 3.05) is 26.4 Å². The summed E-state index contributed by atoms with van der Waals surface area (Å²) in [5.74, 6) is 1.68. The maximum atomic E-state index is 13.5. The number of carbonyl (C=O) groups excluding carboxylic acids is 1. The van der Waals surface area contributed by atoms with Crippen molar-refractivity contribution < 1.29 is 19.4 Å². The van der Waals surface area contributed by atoms with Crippen molar-refractivity contribution in [3.63, 3.8) is 0 Å². The summed E-state index contributed by atoms with van der Waals surface area (Å²) in [6.45, 7) is 1.48. The number of hydrogen-bond donors (Lipinski definition) is 2. The molecular formula is C29H36N2O4. The molecule has 0 aromatic heterocycles. The van der Waals surface area contributed by atoms with Crippen molar-refractivity contribution in [1.82, 2.24) is 5.32 Å². The Balaban J connectivity index is 1.48. The third kappa shape index (κ3) is 6.95. The molecule has 4 rings (SSSR count). The molecule has 0 saturated heterocycles. The summed E-state index contributed by atoms with van der Waals surface area (Å²) in [4.78, 5) is 18.3. The van der Waals surface area contributed by atoms with Crippen LogP contribution in [0.1, 0.15) is 56.1 Å². The molecule has 0 spiro atoms. The van der Waals surface area contributed by atoms with Gasteiger partial charge in [-0.1, -0.05) is 61.7 Å². The van der Waals surface area contributed by atoms with E-state index in [1.54, 1.807) is 0 Å². The lowest BCUT2D eigenvalue weighted by Crippen LogP contribution is -2.47. The minimum Gasteiger partial charge on any atom is -0.494 e. The van der Waals surface area contributed by atoms with Crippen LogP contribution in [0.4, 0.5) is 0 Å². The van der Waals surface area contributed by atoms with E-state index in [-0.39, 0.29) is 19.1 Å². The van der Waals surface area contributed by atoms with E-state index < -0.39 is 5.54 Å². The quantitative estimate of drug-likeness (QED) is 0.458. The summed E-state index contributed by atoms with van der Waals surface area (Å²) in [6.07, 6.45) is 11.2. The maximum absolute atomic E-state index is 13.5. The highest BCUT2D eigenvalue weighted by molar-refractivity contribution is 6.00. The van der Waals surface area contributed by atoms with E-state index in [0.29, 0.717) is 37.8 Å². The molecule has 6 nitrogen and oxygen atoms in total. The van der Waals surface area contributed by atoms with Crippen molar-refractivity contribution in [3.05, 3.63) is 71.8 Å². The fraction of sp³-hybridized carbons (Fsp3) is 0.448. The van der Waals surface area contributed by atoms with E-state index in [2.05, 4.69) is 5.32 Å². The van der Waals surface area contributed by atoms with E-state index >= 15 is 0 Å². The number of amides is 1. The molecule has 6 heteroatoms. The molecule has 1 heterocycles. The Labute approximate surface area is 208 Å². The number of aliphatic imine (C=N–C) groups is 1. The zero-order valence-electron chi connectivity index (χ0n) is 20.3. The lowest BCUT2D eigenvalue weighted by Gasteiger charge is -2.25. The summed E-state index contributed by atoms with van der Waals surface area (Å²) in [7, 11) is 0. The van der Waals surface area contributed by atoms with Gasteiger partial charge in [0.15, 0.2) is 5.54 Å². The number of aliphatic hydroxyl groups excluding tert-OH is 1. The second-order valence-corrected chi connectivity index (χ2v) is 9.42. The molecule has 1 aliphatic carbocycles. The van der Waals surface area contributed by atoms with Crippen LogP contribution in [0.2, 0.25) is 0 Å². The van der Waals surface area contributed by atoms with E-state index in [0.717, 1.165) is 16.9 Å². The van der Waals surface area contributed by atoms with Crippen molar-refractivity contribution in [2.24, 2.45) is 10.9 Å². The van der Waals surface area contributed by atoms with Gasteiger partial charge in [0.05, 0.1) is 6.61 Å². The van der Waals surface area contributed by atoms with Gasteiger partial charge in [-0.2, -0.15) is 0 Å². The van der Waals surface area contributed by atoms with Gasteiger partial charge in [-0.15, -0.1) is 0 Å². The van der Waals surface area contributed by atoms with Crippen LogP contribution in [-0.4, -0.2) is 48.8 Å². The van der Waals surface area contributed by atoms with Crippen molar-refractivity contribution >= 4 is 17.9 Å². The normalized spacial score (nSPS) is 20.4. The van der Waals surface area contributed by atoms with Gasteiger partial charge in [-0.3, -0.25) is 4.79 Å². The molecule has 1 atom stereocenters. The third-order valence-electron chi connectivity index (χ3n) is 6.70. The van der Waals surface area contributed by atoms with E-state index in [1.165, 1.54) is 32.1 Å². The number of aliphatic hydroxyl groups is 1. The topological polar surface area (TPSA) is 80.2 Å². The molecule has 2 N–H and O–H groups in total. The van der Waals surface area contributed by atoms with Gasteiger partial charge in [0.25, 0.3) is 5.91 Å². The highest BCUT2D eigenvalue weighted by atomic mass is 16.5. The summed E-state index contributed by atoms with van der Waals surface area (Å²) >= 11 is 0. The van der Waals surface area contributed by atoms with Gasteiger partial charge in [-0.05, 0) is 48.6 Å². The molecule has 35 heavy (non-hydrogen) atoms. The Morgan fingerprint density at radius 1 is 1.11 bits per heavy atom. The Hall–Kier alpha value is -3.12. The number of carbonyl (C=O) groups is 1. The van der Waals surface area contributed by atoms with Gasteiger partial charge in [0.2, 0.25) is 5.90 Å². The molecule has 1 aliphatic heterocycles. The third-order valence-corrected chi connectivity index (χ3v) is 6.70. The number of nitrogens with zero attached hydrogens (tertiary/aromatic N) is 1. The maximum Gasteiger partial charge on any atom is 0.251 e. The van der Waals surface area contributed by atoms with Crippen LogP contribution < -0.4 is 10.1 Å². The van der Waals surface area contributed by atoms with E-state index in [9.17, 15) is 4.79 Å². The molecule has 186 valence electrons. The molecule has 0 unspecified atom stereocenters. The molecule has 2 aliphatic rings. The summed E-state index contributed by atoms with van der Waals surface area (Å²) in [6, 6.07) is 17.6. The Bertz CT molecular complexity index is 997. The molecule has 1 fully saturated rings. The Morgan fingerprint density at radius 3 is 2.63 bits per heavy atom. The number of benzene rings is 2. The smallest absolute Gasteiger partial charge is 0.251 e. The summed E-state index contributed by atoms with van der Waals surface area (Å²) in [5, 5.41) is 12.1. The first kappa shape index (κ1) is 25.0. The van der Waals surface area contributed by atoms with Crippen LogP contribution in [0, 0.1) is 5.92 Å². The lowest BCUT2D eigenvalue weighted by molar-refractivity contribution is -0.126. The van der Waals surface area contributed by atoms with Gasteiger partial charge in [-0.25, -0.2) is 4.99 Å². The Morgan fingerprint density at radius 2 is 1.89 bits per heavy atom. The van der Waals surface area contributed by atoms with Crippen LogP contribution in [0.3, 0.4) is 0 Å². The van der Waals surface area contributed by atoms with Crippen LogP contribution in [0.5, 0.6) is 5.75 Å². The largest absolute Gasteiger partial charge is 0.494 e. The minimum absolute atomic E-state index is 0.0697. The zero-order valence-corrected chi connectivity index (χ0v) is 20.3. The average Bonchev–Trinajstić information content (AvgIpc) is 3.35. The van der Waals surface area contributed by atoms with Gasteiger partial charge in [0.1, 0.15) is 12.4 Å². The van der Waals surface area contributed by atoms with E-state index in [1.807, 2.05) is 66.7 Å². The van der Waals surface area contributed by atoms with Crippen molar-refractivity contribution in [1.29, 1.82) is 0 Å². The van der Waals surface area contributed by atoms with Crippen LogP contribution in [0.25, 0.3) is 6.08 Å². The van der Waals surface area contributed by atoms with Crippen LogP contribution in [0.15, 0.2) is 65.7 Å². The first-order valence-electron chi connectivity index (χ1n) is 12.8. The highest BCUT2D eigenvalue weighted by Gasteiger charge is 2.43. The van der Waals surface area contributed by atoms with Gasteiger partial charge in [0, 0.05) is 31.6 Å². The second-order valence-electron chi connectivity index (χ2n) is 9.42. The standard InChI is InChI=1S/C29H36N2O4/c32-19-8-20-34-26-16-14-25(15-17-26)27-31-29(22-35-27,18-7-13-23-9-3-1-4-10-23)28(33)30-21-24-11-5-2-6-12-24/h1,3-4,7,9-10,13-17,24,32H,2,5-6,8,11-12,18-22H2,(H,30,33)/b13-7+/t29-/m1/s1. The molecule has 1 amide bonds. The minimum atomic E-state index is -0.981. The first-order chi connectivity index (χ1) is 17.2. The molecular weight excluding hydrogens is 440 g/mol. The SMILES string of the molecule is O=C(NCC1CCCCC1)[C@@]1(C/C=C/c2ccccc2)COC(c2ccc(OCCCO)cc2)=N1. The summed E-state index contributed by atoms with van der Waals surface area (Å²) < 4.78 is 11.6. The fourth-order valence-electron chi connectivity index (χ4n) is 4.60. The molecule has 2 aromatic rings. The van der Waals surface area contributed by atoms with Crippen LogP contribution >= 0.6 is 0 Å². The molecule has 0 bridgehead atoms. The van der Waals surface area contributed by atoms with Crippen molar-refractivity contribution in [2.45, 2.75) is 50.5 Å².